The second-order valence-electron chi connectivity index (χ2n) is 3.81. The van der Waals surface area contributed by atoms with Crippen LogP contribution < -0.4 is 10.1 Å². The normalized spacial score (nSPS) is 10.6. The predicted molar refractivity (Wildman–Crippen MR) is 65.8 cm³/mol. The zero-order valence-corrected chi connectivity index (χ0v) is 10.4. The summed E-state index contributed by atoms with van der Waals surface area (Å²) in [6.45, 7) is 3.51. The minimum atomic E-state index is -0.417. The lowest BCUT2D eigenvalue weighted by atomic mass is 10.1. The number of aromatic nitrogens is 1. The molecule has 2 aromatic rings. The van der Waals surface area contributed by atoms with Gasteiger partial charge in [0.2, 0.25) is 0 Å². The summed E-state index contributed by atoms with van der Waals surface area (Å²) in [5, 5.41) is 7.05. The standard InChI is InChI=1S/C13H15FN2O2/c1-3-15-8-10-7-13(18-16-10)9-4-5-12(17-2)11(14)6-9/h4-7,15H,3,8H2,1-2H3. The number of methoxy groups -OCH3 is 1. The van der Waals surface area contributed by atoms with Crippen molar-refractivity contribution in [3.63, 3.8) is 0 Å². The van der Waals surface area contributed by atoms with Crippen LogP contribution in [0.1, 0.15) is 12.6 Å². The van der Waals surface area contributed by atoms with Gasteiger partial charge in [-0.25, -0.2) is 4.39 Å². The topological polar surface area (TPSA) is 47.3 Å². The average Bonchev–Trinajstić information content (AvgIpc) is 2.85. The molecule has 1 N–H and O–H groups in total. The Morgan fingerprint density at radius 3 is 2.89 bits per heavy atom. The molecule has 2 rings (SSSR count). The number of halogens is 1. The number of ether oxygens (including phenoxy) is 1. The first-order valence-electron chi connectivity index (χ1n) is 5.74. The van der Waals surface area contributed by atoms with Gasteiger partial charge in [0.15, 0.2) is 17.3 Å². The van der Waals surface area contributed by atoms with E-state index in [0.717, 1.165) is 12.2 Å². The molecule has 0 aliphatic heterocycles. The molecule has 1 aromatic heterocycles. The Hall–Kier alpha value is -1.88. The van der Waals surface area contributed by atoms with Gasteiger partial charge in [-0.2, -0.15) is 0 Å². The second kappa shape index (κ2) is 5.64. The van der Waals surface area contributed by atoms with Gasteiger partial charge in [-0.15, -0.1) is 0 Å². The lowest BCUT2D eigenvalue weighted by Gasteiger charge is -2.02. The summed E-state index contributed by atoms with van der Waals surface area (Å²) in [5.74, 6) is 0.343. The highest BCUT2D eigenvalue weighted by molar-refractivity contribution is 5.58. The van der Waals surface area contributed by atoms with Gasteiger partial charge in [0.25, 0.3) is 0 Å². The highest BCUT2D eigenvalue weighted by Crippen LogP contribution is 2.25. The van der Waals surface area contributed by atoms with Crippen molar-refractivity contribution >= 4 is 0 Å². The van der Waals surface area contributed by atoms with E-state index in [1.807, 2.05) is 6.92 Å². The van der Waals surface area contributed by atoms with Gasteiger partial charge in [0.05, 0.1) is 12.8 Å². The molecule has 1 heterocycles. The van der Waals surface area contributed by atoms with Crippen LogP contribution in [-0.2, 0) is 6.54 Å². The van der Waals surface area contributed by atoms with Crippen LogP contribution in [0.15, 0.2) is 28.8 Å². The van der Waals surface area contributed by atoms with Gasteiger partial charge < -0.3 is 14.6 Å². The number of benzene rings is 1. The van der Waals surface area contributed by atoms with E-state index >= 15 is 0 Å². The van der Waals surface area contributed by atoms with Gasteiger partial charge in [0, 0.05) is 18.2 Å². The third kappa shape index (κ3) is 2.68. The van der Waals surface area contributed by atoms with Crippen LogP contribution in [-0.4, -0.2) is 18.8 Å². The van der Waals surface area contributed by atoms with Crippen molar-refractivity contribution in [1.82, 2.24) is 10.5 Å². The maximum atomic E-state index is 13.5. The number of nitrogens with zero attached hydrogens (tertiary/aromatic N) is 1. The molecule has 0 aliphatic rings. The molecule has 96 valence electrons. The molecule has 0 aliphatic carbocycles. The van der Waals surface area contributed by atoms with Gasteiger partial charge in [-0.05, 0) is 24.7 Å². The highest BCUT2D eigenvalue weighted by atomic mass is 19.1. The Balaban J connectivity index is 2.20. The van der Waals surface area contributed by atoms with Crippen LogP contribution in [0.3, 0.4) is 0 Å². The number of nitrogens with one attached hydrogen (secondary N) is 1. The maximum Gasteiger partial charge on any atom is 0.167 e. The largest absolute Gasteiger partial charge is 0.494 e. The van der Waals surface area contributed by atoms with Crippen molar-refractivity contribution in [2.75, 3.05) is 13.7 Å². The molecule has 0 amide bonds. The van der Waals surface area contributed by atoms with Crippen molar-refractivity contribution in [3.05, 3.63) is 35.8 Å². The first-order valence-corrected chi connectivity index (χ1v) is 5.74. The molecular weight excluding hydrogens is 235 g/mol. The Bertz CT molecular complexity index is 525. The SMILES string of the molecule is CCNCc1cc(-c2ccc(OC)c(F)c2)on1. The summed E-state index contributed by atoms with van der Waals surface area (Å²) in [6.07, 6.45) is 0. The molecule has 0 atom stereocenters. The molecule has 0 fully saturated rings. The van der Waals surface area contributed by atoms with Crippen LogP contribution in [0.2, 0.25) is 0 Å². The molecule has 0 radical (unpaired) electrons. The lowest BCUT2D eigenvalue weighted by molar-refractivity contribution is 0.386. The monoisotopic (exact) mass is 250 g/mol. The molecule has 0 bridgehead atoms. The summed E-state index contributed by atoms with van der Waals surface area (Å²) in [7, 11) is 1.43. The van der Waals surface area contributed by atoms with Crippen molar-refractivity contribution < 1.29 is 13.7 Å². The first kappa shape index (κ1) is 12.6. The fourth-order valence-corrected chi connectivity index (χ4v) is 1.60. The van der Waals surface area contributed by atoms with Gasteiger partial charge in [-0.1, -0.05) is 12.1 Å². The Morgan fingerprint density at radius 2 is 2.22 bits per heavy atom. The van der Waals surface area contributed by atoms with E-state index in [1.165, 1.54) is 13.2 Å². The van der Waals surface area contributed by atoms with E-state index in [-0.39, 0.29) is 5.75 Å². The Labute approximate surface area is 105 Å². The average molecular weight is 250 g/mol. The zero-order valence-electron chi connectivity index (χ0n) is 10.4. The molecule has 0 saturated heterocycles. The zero-order chi connectivity index (χ0) is 13.0. The summed E-state index contributed by atoms with van der Waals surface area (Å²) < 4.78 is 23.6. The van der Waals surface area contributed by atoms with Crippen LogP contribution in [0.5, 0.6) is 5.75 Å². The van der Waals surface area contributed by atoms with Crippen molar-refractivity contribution in [2.45, 2.75) is 13.5 Å². The van der Waals surface area contributed by atoms with E-state index in [1.54, 1.807) is 18.2 Å². The third-order valence-electron chi connectivity index (χ3n) is 2.55. The maximum absolute atomic E-state index is 13.5. The van der Waals surface area contributed by atoms with Crippen LogP contribution in [0, 0.1) is 5.82 Å². The summed E-state index contributed by atoms with van der Waals surface area (Å²) in [5.41, 5.74) is 1.44. The molecule has 0 unspecified atom stereocenters. The van der Waals surface area contributed by atoms with Crippen molar-refractivity contribution in [1.29, 1.82) is 0 Å². The quantitative estimate of drug-likeness (QED) is 0.886. The molecular formula is C13H15FN2O2. The fraction of sp³-hybridized carbons (Fsp3) is 0.308. The first-order chi connectivity index (χ1) is 8.74. The molecule has 1 aromatic carbocycles. The van der Waals surface area contributed by atoms with E-state index in [0.29, 0.717) is 17.9 Å². The van der Waals surface area contributed by atoms with Gasteiger partial charge in [-0.3, -0.25) is 0 Å². The second-order valence-corrected chi connectivity index (χ2v) is 3.81. The van der Waals surface area contributed by atoms with E-state index in [4.69, 9.17) is 9.26 Å². The minimum absolute atomic E-state index is 0.214. The smallest absolute Gasteiger partial charge is 0.167 e. The van der Waals surface area contributed by atoms with E-state index in [2.05, 4.69) is 10.5 Å². The summed E-state index contributed by atoms with van der Waals surface area (Å²) in [6, 6.07) is 6.47. The van der Waals surface area contributed by atoms with Crippen LogP contribution in [0.4, 0.5) is 4.39 Å². The highest BCUT2D eigenvalue weighted by Gasteiger charge is 2.09. The van der Waals surface area contributed by atoms with Crippen LogP contribution >= 0.6 is 0 Å². The number of hydrogen-bond donors (Lipinski definition) is 1. The predicted octanol–water partition coefficient (Wildman–Crippen LogP) is 2.60. The summed E-state index contributed by atoms with van der Waals surface area (Å²) in [4.78, 5) is 0. The number of rotatable bonds is 5. The Kier molecular flexibility index (Phi) is 3.94. The fourth-order valence-electron chi connectivity index (χ4n) is 1.60. The van der Waals surface area contributed by atoms with Crippen molar-refractivity contribution in [3.8, 4) is 17.1 Å². The molecule has 0 spiro atoms. The van der Waals surface area contributed by atoms with E-state index < -0.39 is 5.82 Å². The van der Waals surface area contributed by atoms with Crippen molar-refractivity contribution in [2.24, 2.45) is 0 Å². The molecule has 0 saturated carbocycles. The molecule has 18 heavy (non-hydrogen) atoms. The molecule has 5 heteroatoms. The van der Waals surface area contributed by atoms with Gasteiger partial charge in [0.1, 0.15) is 0 Å². The van der Waals surface area contributed by atoms with E-state index in [9.17, 15) is 4.39 Å². The third-order valence-corrected chi connectivity index (χ3v) is 2.55. The van der Waals surface area contributed by atoms with Gasteiger partial charge >= 0.3 is 0 Å². The number of hydrogen-bond acceptors (Lipinski definition) is 4. The lowest BCUT2D eigenvalue weighted by Crippen LogP contribution is -2.11. The summed E-state index contributed by atoms with van der Waals surface area (Å²) >= 11 is 0. The molecule has 4 nitrogen and oxygen atoms in total. The van der Waals surface area contributed by atoms with Crippen LogP contribution in [0.25, 0.3) is 11.3 Å². The Morgan fingerprint density at radius 1 is 1.39 bits per heavy atom. The minimum Gasteiger partial charge on any atom is -0.494 e.